The molecule has 0 aromatic carbocycles. The van der Waals surface area contributed by atoms with Crippen LogP contribution in [0.4, 0.5) is 0 Å². The zero-order chi connectivity index (χ0) is 10.5. The molecule has 0 bridgehead atoms. The zero-order valence-electron chi connectivity index (χ0n) is 10.1. The van der Waals surface area contributed by atoms with Gasteiger partial charge in [0.2, 0.25) is 0 Å². The molecule has 0 spiro atoms. The first-order valence-electron chi connectivity index (χ1n) is 6.27. The van der Waals surface area contributed by atoms with E-state index in [0.29, 0.717) is 0 Å². The monoisotopic (exact) mass is 200 g/mol. The van der Waals surface area contributed by atoms with Gasteiger partial charge in [-0.15, -0.1) is 0 Å². The number of unbranched alkanes of at least 4 members (excludes halogenated alkanes) is 6. The SMILES string of the molecule is CCNCCCCCCCCCNC. The molecule has 0 fully saturated rings. The Labute approximate surface area is 89.9 Å². The van der Waals surface area contributed by atoms with Gasteiger partial charge in [0.1, 0.15) is 0 Å². The predicted octanol–water partition coefficient (Wildman–Crippen LogP) is 2.55. The van der Waals surface area contributed by atoms with Crippen molar-refractivity contribution >= 4 is 0 Å². The molecule has 0 aliphatic carbocycles. The van der Waals surface area contributed by atoms with E-state index in [2.05, 4.69) is 17.6 Å². The second-order valence-corrected chi connectivity index (χ2v) is 3.93. The van der Waals surface area contributed by atoms with Crippen molar-refractivity contribution in [2.45, 2.75) is 51.9 Å². The Bertz CT molecular complexity index is 82.3. The maximum absolute atomic E-state index is 3.36. The second kappa shape index (κ2) is 12.9. The van der Waals surface area contributed by atoms with Gasteiger partial charge in [0.05, 0.1) is 0 Å². The van der Waals surface area contributed by atoms with E-state index >= 15 is 0 Å². The van der Waals surface area contributed by atoms with Crippen molar-refractivity contribution in [3.8, 4) is 0 Å². The second-order valence-electron chi connectivity index (χ2n) is 3.93. The smallest absolute Gasteiger partial charge is 0.00490 e. The molecule has 0 saturated carbocycles. The van der Waals surface area contributed by atoms with E-state index in [1.165, 1.54) is 58.0 Å². The fourth-order valence-corrected chi connectivity index (χ4v) is 1.61. The number of nitrogens with one attached hydrogen (secondary N) is 2. The predicted molar refractivity (Wildman–Crippen MR) is 64.8 cm³/mol. The Kier molecular flexibility index (Phi) is 12.8. The Morgan fingerprint density at radius 2 is 1.21 bits per heavy atom. The van der Waals surface area contributed by atoms with Crippen LogP contribution >= 0.6 is 0 Å². The van der Waals surface area contributed by atoms with Gasteiger partial charge in [0, 0.05) is 0 Å². The zero-order valence-corrected chi connectivity index (χ0v) is 10.1. The normalized spacial score (nSPS) is 10.7. The van der Waals surface area contributed by atoms with Gasteiger partial charge in [0.15, 0.2) is 0 Å². The maximum atomic E-state index is 3.36. The maximum Gasteiger partial charge on any atom is -0.00490 e. The van der Waals surface area contributed by atoms with E-state index in [-0.39, 0.29) is 0 Å². The summed E-state index contributed by atoms with van der Waals surface area (Å²) in [5.41, 5.74) is 0. The van der Waals surface area contributed by atoms with Crippen LogP contribution in [0, 0.1) is 0 Å². The Morgan fingerprint density at radius 3 is 1.71 bits per heavy atom. The van der Waals surface area contributed by atoms with Gasteiger partial charge in [-0.1, -0.05) is 39.0 Å². The van der Waals surface area contributed by atoms with Gasteiger partial charge in [0.25, 0.3) is 0 Å². The Morgan fingerprint density at radius 1 is 0.714 bits per heavy atom. The van der Waals surface area contributed by atoms with Crippen molar-refractivity contribution in [2.75, 3.05) is 26.7 Å². The van der Waals surface area contributed by atoms with Crippen molar-refractivity contribution in [2.24, 2.45) is 0 Å². The van der Waals surface area contributed by atoms with Crippen LogP contribution in [0.2, 0.25) is 0 Å². The lowest BCUT2D eigenvalue weighted by Crippen LogP contribution is -2.13. The molecule has 0 amide bonds. The lowest BCUT2D eigenvalue weighted by atomic mass is 10.1. The van der Waals surface area contributed by atoms with Crippen molar-refractivity contribution in [3.63, 3.8) is 0 Å². The molecule has 0 aromatic heterocycles. The molecule has 0 atom stereocenters. The average Bonchev–Trinajstić information content (AvgIpc) is 2.21. The molecule has 86 valence electrons. The third-order valence-electron chi connectivity index (χ3n) is 2.53. The lowest BCUT2D eigenvalue weighted by molar-refractivity contribution is 0.556. The van der Waals surface area contributed by atoms with Crippen LogP contribution in [0.3, 0.4) is 0 Å². The summed E-state index contributed by atoms with van der Waals surface area (Å²) >= 11 is 0. The molecule has 0 rings (SSSR count). The van der Waals surface area contributed by atoms with Gasteiger partial charge in [-0.05, 0) is 39.5 Å². The molecule has 0 unspecified atom stereocenters. The van der Waals surface area contributed by atoms with Gasteiger partial charge in [-0.3, -0.25) is 0 Å². The fourth-order valence-electron chi connectivity index (χ4n) is 1.61. The standard InChI is InChI=1S/C12H28N2/c1-3-14-12-10-8-6-4-5-7-9-11-13-2/h13-14H,3-12H2,1-2H3. The van der Waals surface area contributed by atoms with Gasteiger partial charge in [-0.2, -0.15) is 0 Å². The summed E-state index contributed by atoms with van der Waals surface area (Å²) in [4.78, 5) is 0. The van der Waals surface area contributed by atoms with Crippen molar-refractivity contribution in [1.29, 1.82) is 0 Å². The summed E-state index contributed by atoms with van der Waals surface area (Å²) in [5.74, 6) is 0. The summed E-state index contributed by atoms with van der Waals surface area (Å²) in [5, 5.41) is 6.54. The first-order valence-corrected chi connectivity index (χ1v) is 6.27. The number of hydrogen-bond acceptors (Lipinski definition) is 2. The van der Waals surface area contributed by atoms with Gasteiger partial charge < -0.3 is 10.6 Å². The highest BCUT2D eigenvalue weighted by Crippen LogP contribution is 2.06. The summed E-state index contributed by atoms with van der Waals surface area (Å²) in [6, 6.07) is 0. The van der Waals surface area contributed by atoms with E-state index < -0.39 is 0 Å². The Hall–Kier alpha value is -0.0800. The lowest BCUT2D eigenvalue weighted by Gasteiger charge is -2.02. The average molecular weight is 200 g/mol. The highest BCUT2D eigenvalue weighted by atomic mass is 14.8. The van der Waals surface area contributed by atoms with Gasteiger partial charge >= 0.3 is 0 Å². The van der Waals surface area contributed by atoms with E-state index in [0.717, 1.165) is 6.54 Å². The number of rotatable bonds is 11. The summed E-state index contributed by atoms with van der Waals surface area (Å²) < 4.78 is 0. The topological polar surface area (TPSA) is 24.1 Å². The summed E-state index contributed by atoms with van der Waals surface area (Å²) in [6.07, 6.45) is 9.76. The highest BCUT2D eigenvalue weighted by molar-refractivity contribution is 4.49. The minimum atomic E-state index is 1.12. The third-order valence-corrected chi connectivity index (χ3v) is 2.53. The van der Waals surface area contributed by atoms with Crippen LogP contribution in [0.1, 0.15) is 51.9 Å². The minimum absolute atomic E-state index is 1.12. The number of hydrogen-bond donors (Lipinski definition) is 2. The van der Waals surface area contributed by atoms with Crippen LogP contribution in [-0.2, 0) is 0 Å². The summed E-state index contributed by atoms with van der Waals surface area (Å²) in [7, 11) is 2.03. The molecule has 0 radical (unpaired) electrons. The molecule has 0 aliphatic rings. The van der Waals surface area contributed by atoms with E-state index in [1.807, 2.05) is 7.05 Å². The molecule has 2 N–H and O–H groups in total. The largest absolute Gasteiger partial charge is 0.320 e. The van der Waals surface area contributed by atoms with Crippen LogP contribution < -0.4 is 10.6 Å². The van der Waals surface area contributed by atoms with Crippen LogP contribution in [0.5, 0.6) is 0 Å². The highest BCUT2D eigenvalue weighted by Gasteiger charge is 1.91. The molecule has 2 heteroatoms. The molecule has 0 heterocycles. The van der Waals surface area contributed by atoms with E-state index in [9.17, 15) is 0 Å². The van der Waals surface area contributed by atoms with Crippen molar-refractivity contribution in [1.82, 2.24) is 10.6 Å². The molecule has 14 heavy (non-hydrogen) atoms. The Balaban J connectivity index is 2.78. The third kappa shape index (κ3) is 11.9. The molecular formula is C12H28N2. The molecule has 0 aromatic rings. The minimum Gasteiger partial charge on any atom is -0.320 e. The first-order chi connectivity index (χ1) is 6.91. The molecule has 2 nitrogen and oxygen atoms in total. The van der Waals surface area contributed by atoms with Crippen molar-refractivity contribution < 1.29 is 0 Å². The van der Waals surface area contributed by atoms with Crippen LogP contribution in [-0.4, -0.2) is 26.7 Å². The quantitative estimate of drug-likeness (QED) is 0.501. The fraction of sp³-hybridized carbons (Fsp3) is 1.00. The van der Waals surface area contributed by atoms with Gasteiger partial charge in [-0.25, -0.2) is 0 Å². The molecule has 0 aliphatic heterocycles. The van der Waals surface area contributed by atoms with Crippen molar-refractivity contribution in [3.05, 3.63) is 0 Å². The molecular weight excluding hydrogens is 172 g/mol. The van der Waals surface area contributed by atoms with Crippen LogP contribution in [0.15, 0.2) is 0 Å². The van der Waals surface area contributed by atoms with E-state index in [4.69, 9.17) is 0 Å². The molecule has 0 saturated heterocycles. The van der Waals surface area contributed by atoms with Crippen LogP contribution in [0.25, 0.3) is 0 Å². The van der Waals surface area contributed by atoms with E-state index in [1.54, 1.807) is 0 Å². The summed E-state index contributed by atoms with van der Waals surface area (Å²) in [6.45, 7) is 5.67. The first kappa shape index (κ1) is 13.9.